The fourth-order valence-electron chi connectivity index (χ4n) is 2.82. The van der Waals surface area contributed by atoms with Crippen molar-refractivity contribution in [2.45, 2.75) is 30.6 Å². The minimum Gasteiger partial charge on any atom is -0.302 e. The molecule has 130 valence electrons. The van der Waals surface area contributed by atoms with Crippen LogP contribution in [0.2, 0.25) is 0 Å². The van der Waals surface area contributed by atoms with Crippen molar-refractivity contribution < 1.29 is 4.39 Å². The van der Waals surface area contributed by atoms with Gasteiger partial charge in [0.1, 0.15) is 17.2 Å². The number of aromatic nitrogens is 5. The highest BCUT2D eigenvalue weighted by molar-refractivity contribution is 7.99. The highest BCUT2D eigenvalue weighted by Gasteiger charge is 2.16. The normalized spacial score (nSPS) is 11.2. The summed E-state index contributed by atoms with van der Waals surface area (Å²) in [6, 6.07) is 12.7. The highest BCUT2D eigenvalue weighted by Crippen LogP contribution is 2.32. The van der Waals surface area contributed by atoms with Crippen molar-refractivity contribution in [1.29, 1.82) is 0 Å². The van der Waals surface area contributed by atoms with Crippen LogP contribution in [0.1, 0.15) is 12.5 Å². The molecule has 7 heteroatoms. The van der Waals surface area contributed by atoms with Gasteiger partial charge in [0.2, 0.25) is 0 Å². The second kappa shape index (κ2) is 6.84. The molecule has 0 N–H and O–H groups in total. The summed E-state index contributed by atoms with van der Waals surface area (Å²) in [6.07, 6.45) is 1.48. The van der Waals surface area contributed by atoms with Gasteiger partial charge >= 0.3 is 0 Å². The van der Waals surface area contributed by atoms with Crippen molar-refractivity contribution in [1.82, 2.24) is 24.7 Å². The third kappa shape index (κ3) is 3.06. The van der Waals surface area contributed by atoms with E-state index in [1.54, 1.807) is 6.07 Å². The zero-order chi connectivity index (χ0) is 18.1. The van der Waals surface area contributed by atoms with E-state index in [9.17, 15) is 4.39 Å². The van der Waals surface area contributed by atoms with Crippen molar-refractivity contribution >= 4 is 22.7 Å². The van der Waals surface area contributed by atoms with E-state index in [-0.39, 0.29) is 5.82 Å². The van der Waals surface area contributed by atoms with Crippen LogP contribution < -0.4 is 0 Å². The molecule has 2 aromatic carbocycles. The topological polar surface area (TPSA) is 56.5 Å². The Labute approximate surface area is 154 Å². The van der Waals surface area contributed by atoms with E-state index >= 15 is 0 Å². The summed E-state index contributed by atoms with van der Waals surface area (Å²) in [5, 5.41) is 10.7. The number of nitrogens with zero attached hydrogens (tertiary/aromatic N) is 5. The van der Waals surface area contributed by atoms with Gasteiger partial charge in [-0.2, -0.15) is 0 Å². The van der Waals surface area contributed by atoms with E-state index < -0.39 is 0 Å². The Hall–Kier alpha value is -2.80. The lowest BCUT2D eigenvalue weighted by atomic mass is 10.1. The van der Waals surface area contributed by atoms with Crippen molar-refractivity contribution in [3.8, 4) is 11.4 Å². The summed E-state index contributed by atoms with van der Waals surface area (Å²) < 4.78 is 15.7. The second-order valence-electron chi connectivity index (χ2n) is 5.86. The molecule has 0 aliphatic heterocycles. The maximum atomic E-state index is 13.7. The number of fused-ring (bicyclic) bond motifs is 1. The molecule has 0 amide bonds. The van der Waals surface area contributed by atoms with E-state index in [1.807, 2.05) is 36.6 Å². The lowest BCUT2D eigenvalue weighted by molar-refractivity contribution is 0.629. The molecule has 0 fully saturated rings. The number of hydrogen-bond acceptors (Lipinski definition) is 5. The van der Waals surface area contributed by atoms with Crippen LogP contribution in [0.25, 0.3) is 22.3 Å². The minimum atomic E-state index is -0.313. The molecule has 0 aliphatic rings. The second-order valence-corrected chi connectivity index (χ2v) is 6.82. The average Bonchev–Trinajstić information content (AvgIpc) is 3.05. The zero-order valence-corrected chi connectivity index (χ0v) is 15.2. The van der Waals surface area contributed by atoms with E-state index in [1.165, 1.54) is 35.8 Å². The molecule has 0 radical (unpaired) electrons. The highest BCUT2D eigenvalue weighted by atomic mass is 32.2. The molecular weight excluding hydrogens is 349 g/mol. The summed E-state index contributed by atoms with van der Waals surface area (Å²) in [7, 11) is 0. The van der Waals surface area contributed by atoms with Gasteiger partial charge in [-0.3, -0.25) is 0 Å². The van der Waals surface area contributed by atoms with Gasteiger partial charge in [-0.1, -0.05) is 23.8 Å². The number of hydrogen-bond donors (Lipinski definition) is 0. The molecule has 0 saturated heterocycles. The molecule has 2 heterocycles. The maximum Gasteiger partial charge on any atom is 0.197 e. The van der Waals surface area contributed by atoms with Crippen LogP contribution >= 0.6 is 11.8 Å². The molecule has 2 aromatic heterocycles. The number of aryl methyl sites for hydroxylation is 1. The van der Waals surface area contributed by atoms with Crippen LogP contribution in [-0.4, -0.2) is 24.7 Å². The van der Waals surface area contributed by atoms with Crippen molar-refractivity contribution in [3.63, 3.8) is 0 Å². The molecule has 0 saturated carbocycles. The molecule has 0 atom stereocenters. The smallest absolute Gasteiger partial charge is 0.197 e. The molecule has 26 heavy (non-hydrogen) atoms. The molecule has 0 bridgehead atoms. The molecule has 0 unspecified atom stereocenters. The summed E-state index contributed by atoms with van der Waals surface area (Å²) in [5.41, 5.74) is 2.88. The third-order valence-electron chi connectivity index (χ3n) is 4.06. The summed E-state index contributed by atoms with van der Waals surface area (Å²) in [5.74, 6) is 0.495. The first kappa shape index (κ1) is 16.7. The predicted octanol–water partition coefficient (Wildman–Crippen LogP) is 4.51. The Kier molecular flexibility index (Phi) is 4.38. The fraction of sp³-hybridized carbons (Fsp3) is 0.158. The molecule has 5 nitrogen and oxygen atoms in total. The van der Waals surface area contributed by atoms with Crippen molar-refractivity contribution in [2.75, 3.05) is 0 Å². The zero-order valence-electron chi connectivity index (χ0n) is 14.3. The van der Waals surface area contributed by atoms with Crippen LogP contribution in [-0.2, 0) is 6.54 Å². The van der Waals surface area contributed by atoms with Crippen LogP contribution in [0.3, 0.4) is 0 Å². The largest absolute Gasteiger partial charge is 0.302 e. The molecule has 4 rings (SSSR count). The van der Waals surface area contributed by atoms with E-state index in [0.717, 1.165) is 17.9 Å². The first-order valence-corrected chi connectivity index (χ1v) is 9.05. The van der Waals surface area contributed by atoms with Crippen LogP contribution in [0, 0.1) is 12.7 Å². The Morgan fingerprint density at radius 2 is 1.96 bits per heavy atom. The molecule has 0 aliphatic carbocycles. The lowest BCUT2D eigenvalue weighted by Crippen LogP contribution is -2.00. The van der Waals surface area contributed by atoms with Gasteiger partial charge in [0, 0.05) is 17.5 Å². The van der Waals surface area contributed by atoms with Gasteiger partial charge in [-0.05, 0) is 49.9 Å². The van der Waals surface area contributed by atoms with Gasteiger partial charge < -0.3 is 4.57 Å². The average molecular weight is 365 g/mol. The summed E-state index contributed by atoms with van der Waals surface area (Å²) >= 11 is 1.37. The SMILES string of the molecule is CCn1c(Sc2ncnc3ccc(F)cc23)nnc1-c1cccc(C)c1. The van der Waals surface area contributed by atoms with Crippen LogP contribution in [0.15, 0.2) is 59.0 Å². The van der Waals surface area contributed by atoms with Crippen LogP contribution in [0.4, 0.5) is 4.39 Å². The fourth-order valence-corrected chi connectivity index (χ4v) is 3.77. The number of rotatable bonds is 4. The molecule has 0 spiro atoms. The van der Waals surface area contributed by atoms with Crippen molar-refractivity contribution in [3.05, 3.63) is 60.2 Å². The Morgan fingerprint density at radius 1 is 1.08 bits per heavy atom. The van der Waals surface area contributed by atoms with Crippen LogP contribution in [0.5, 0.6) is 0 Å². The van der Waals surface area contributed by atoms with E-state index in [2.05, 4.69) is 26.2 Å². The Balaban J connectivity index is 1.77. The first-order valence-electron chi connectivity index (χ1n) is 8.24. The lowest BCUT2D eigenvalue weighted by Gasteiger charge is -2.08. The van der Waals surface area contributed by atoms with Gasteiger partial charge in [0.15, 0.2) is 11.0 Å². The maximum absolute atomic E-state index is 13.7. The van der Waals surface area contributed by atoms with E-state index in [0.29, 0.717) is 21.1 Å². The van der Waals surface area contributed by atoms with E-state index in [4.69, 9.17) is 0 Å². The summed E-state index contributed by atoms with van der Waals surface area (Å²) in [4.78, 5) is 8.51. The minimum absolute atomic E-state index is 0.313. The van der Waals surface area contributed by atoms with Gasteiger partial charge in [0.05, 0.1) is 5.52 Å². The van der Waals surface area contributed by atoms with Gasteiger partial charge in [0.25, 0.3) is 0 Å². The predicted molar refractivity (Wildman–Crippen MR) is 99.5 cm³/mol. The molecular formula is C19H16FN5S. The first-order chi connectivity index (χ1) is 12.7. The quantitative estimate of drug-likeness (QED) is 0.498. The Morgan fingerprint density at radius 3 is 2.77 bits per heavy atom. The van der Waals surface area contributed by atoms with Gasteiger partial charge in [-0.25, -0.2) is 14.4 Å². The molecule has 4 aromatic rings. The number of halogens is 1. The summed E-state index contributed by atoms with van der Waals surface area (Å²) in [6.45, 7) is 4.81. The number of benzene rings is 2. The van der Waals surface area contributed by atoms with Crippen molar-refractivity contribution in [2.24, 2.45) is 0 Å². The third-order valence-corrected chi connectivity index (χ3v) is 5.06. The standard InChI is InChI=1S/C19H16FN5S/c1-3-25-17(13-6-4-5-12(2)9-13)23-24-19(25)26-18-15-10-14(20)7-8-16(15)21-11-22-18/h4-11H,3H2,1-2H3. The Bertz CT molecular complexity index is 1090. The van der Waals surface area contributed by atoms with Gasteiger partial charge in [-0.15, -0.1) is 10.2 Å². The monoisotopic (exact) mass is 365 g/mol.